The predicted molar refractivity (Wildman–Crippen MR) is 88.5 cm³/mol. The zero-order valence-corrected chi connectivity index (χ0v) is 16.3. The van der Waals surface area contributed by atoms with E-state index in [-0.39, 0.29) is 38.4 Å². The summed E-state index contributed by atoms with van der Waals surface area (Å²) in [6.07, 6.45) is -10.9. The second-order valence-electron chi connectivity index (χ2n) is 6.15. The first-order valence-corrected chi connectivity index (χ1v) is 9.73. The van der Waals surface area contributed by atoms with Crippen molar-refractivity contribution in [2.45, 2.75) is 17.9 Å². The minimum absolute atomic E-state index is 0.0137. The number of amides is 1. The van der Waals surface area contributed by atoms with Crippen molar-refractivity contribution < 1.29 is 61.6 Å². The molecule has 0 unspecified atom stereocenters. The van der Waals surface area contributed by atoms with Gasteiger partial charge in [0.2, 0.25) is 5.91 Å². The van der Waals surface area contributed by atoms with Crippen molar-refractivity contribution in [1.29, 1.82) is 0 Å². The van der Waals surface area contributed by atoms with Gasteiger partial charge < -0.3 is 13.8 Å². The minimum Gasteiger partial charge on any atom is -0.378 e. The second kappa shape index (κ2) is 8.80. The van der Waals surface area contributed by atoms with Crippen LogP contribution in [0, 0.1) is 0 Å². The van der Waals surface area contributed by atoms with E-state index in [2.05, 4.69) is 4.18 Å². The molecule has 0 bridgehead atoms. The SMILES string of the molecule is O=C(/C=C/c1ccc(OS(=O)(=O)C(F)(F)F)c(C(F)(F)F)c1C(F)(F)F)N1CCOCC1. The van der Waals surface area contributed by atoms with Gasteiger partial charge in [-0.1, -0.05) is 6.07 Å². The van der Waals surface area contributed by atoms with Gasteiger partial charge in [-0.2, -0.15) is 47.9 Å². The molecule has 0 saturated carbocycles. The van der Waals surface area contributed by atoms with Crippen molar-refractivity contribution in [3.05, 3.63) is 34.9 Å². The maximum absolute atomic E-state index is 13.5. The van der Waals surface area contributed by atoms with E-state index in [0.717, 1.165) is 4.90 Å². The van der Waals surface area contributed by atoms with Crippen molar-refractivity contribution in [3.63, 3.8) is 0 Å². The molecule has 0 N–H and O–H groups in total. The van der Waals surface area contributed by atoms with Crippen LogP contribution in [0.25, 0.3) is 6.08 Å². The third kappa shape index (κ3) is 5.85. The Hall–Kier alpha value is -2.49. The van der Waals surface area contributed by atoms with Gasteiger partial charge in [0.05, 0.1) is 18.8 Å². The normalized spacial score (nSPS) is 16.5. The lowest BCUT2D eigenvalue weighted by molar-refractivity contribution is -0.162. The first kappa shape index (κ1) is 25.8. The average Bonchev–Trinajstić information content (AvgIpc) is 2.64. The smallest absolute Gasteiger partial charge is 0.378 e. The highest BCUT2D eigenvalue weighted by Crippen LogP contribution is 2.47. The fourth-order valence-corrected chi connectivity index (χ4v) is 3.08. The number of halogens is 9. The van der Waals surface area contributed by atoms with Gasteiger partial charge in [-0.05, 0) is 17.7 Å². The molecule has 0 aliphatic carbocycles. The van der Waals surface area contributed by atoms with Crippen molar-refractivity contribution in [2.75, 3.05) is 26.3 Å². The molecule has 16 heteroatoms. The molecule has 1 aromatic rings. The molecule has 0 spiro atoms. The second-order valence-corrected chi connectivity index (χ2v) is 7.69. The number of benzene rings is 1. The molecular weight excluding hydrogens is 489 g/mol. The molecule has 1 heterocycles. The van der Waals surface area contributed by atoms with Crippen LogP contribution >= 0.6 is 0 Å². The Balaban J connectivity index is 2.62. The summed E-state index contributed by atoms with van der Waals surface area (Å²) in [4.78, 5) is 13.2. The zero-order valence-electron chi connectivity index (χ0n) is 15.4. The molecule has 1 saturated heterocycles. The summed E-state index contributed by atoms with van der Waals surface area (Å²) in [5, 5.41) is 0. The highest BCUT2D eigenvalue weighted by molar-refractivity contribution is 7.88. The van der Waals surface area contributed by atoms with Crippen LogP contribution in [0.3, 0.4) is 0 Å². The van der Waals surface area contributed by atoms with Crippen LogP contribution in [-0.4, -0.2) is 51.0 Å². The number of carbonyl (C=O) groups is 1. The summed E-state index contributed by atoms with van der Waals surface area (Å²) in [6.45, 7) is 0.410. The maximum atomic E-state index is 13.5. The van der Waals surface area contributed by atoms with Crippen LogP contribution in [0.1, 0.15) is 16.7 Å². The number of rotatable bonds is 4. The van der Waals surface area contributed by atoms with E-state index in [1.807, 2.05) is 0 Å². The standard InChI is InChI=1S/C16H12F9NO5S/c17-14(18,19)12-9(2-4-11(27)26-5-7-30-8-6-26)1-3-10(13(12)15(20,21)22)31-32(28,29)16(23,24)25/h1-4H,5-8H2/b4-2+. The summed E-state index contributed by atoms with van der Waals surface area (Å²) in [7, 11) is -6.71. The molecule has 180 valence electrons. The van der Waals surface area contributed by atoms with Gasteiger partial charge in [0.25, 0.3) is 0 Å². The molecular formula is C16H12F9NO5S. The molecule has 1 amide bonds. The Labute approximate surface area is 174 Å². The van der Waals surface area contributed by atoms with Gasteiger partial charge >= 0.3 is 28.0 Å². The number of alkyl halides is 9. The zero-order chi connectivity index (χ0) is 24.5. The van der Waals surface area contributed by atoms with Gasteiger partial charge in [0.15, 0.2) is 5.75 Å². The van der Waals surface area contributed by atoms with E-state index >= 15 is 0 Å². The fraction of sp³-hybridized carbons (Fsp3) is 0.438. The Morgan fingerprint density at radius 2 is 1.47 bits per heavy atom. The van der Waals surface area contributed by atoms with Crippen LogP contribution in [0.5, 0.6) is 5.75 Å². The average molecular weight is 501 g/mol. The Morgan fingerprint density at radius 1 is 0.938 bits per heavy atom. The largest absolute Gasteiger partial charge is 0.534 e. The summed E-state index contributed by atoms with van der Waals surface area (Å²) >= 11 is 0. The van der Waals surface area contributed by atoms with E-state index in [9.17, 15) is 52.7 Å². The fourth-order valence-electron chi connectivity index (χ4n) is 2.61. The summed E-state index contributed by atoms with van der Waals surface area (Å²) in [6, 6.07) is 0.239. The Bertz CT molecular complexity index is 991. The number of morpholine rings is 1. The minimum atomic E-state index is -6.71. The van der Waals surface area contributed by atoms with Crippen LogP contribution in [0.2, 0.25) is 0 Å². The number of hydrogen-bond donors (Lipinski definition) is 0. The molecule has 0 aromatic heterocycles. The van der Waals surface area contributed by atoms with Crippen LogP contribution in [0.4, 0.5) is 39.5 Å². The lowest BCUT2D eigenvalue weighted by atomic mass is 9.98. The highest BCUT2D eigenvalue weighted by atomic mass is 32.2. The van der Waals surface area contributed by atoms with Gasteiger partial charge in [-0.25, -0.2) is 0 Å². The van der Waals surface area contributed by atoms with Crippen LogP contribution < -0.4 is 4.18 Å². The Kier molecular flexibility index (Phi) is 7.09. The summed E-state index contributed by atoms with van der Waals surface area (Å²) in [5.74, 6) is -3.08. The van der Waals surface area contributed by atoms with Crippen molar-refractivity contribution in [1.82, 2.24) is 4.90 Å². The van der Waals surface area contributed by atoms with Crippen molar-refractivity contribution in [3.8, 4) is 5.75 Å². The third-order valence-corrected chi connectivity index (χ3v) is 4.94. The predicted octanol–water partition coefficient (Wildman–Crippen LogP) is 3.82. The van der Waals surface area contributed by atoms with Gasteiger partial charge in [-0.3, -0.25) is 4.79 Å². The Morgan fingerprint density at radius 3 is 1.94 bits per heavy atom. The van der Waals surface area contributed by atoms with E-state index in [1.165, 1.54) is 0 Å². The molecule has 2 rings (SSSR count). The van der Waals surface area contributed by atoms with Gasteiger partial charge in [0, 0.05) is 19.2 Å². The molecule has 1 aromatic carbocycles. The van der Waals surface area contributed by atoms with Crippen molar-refractivity contribution in [2.24, 2.45) is 0 Å². The van der Waals surface area contributed by atoms with Crippen molar-refractivity contribution >= 4 is 22.1 Å². The van der Waals surface area contributed by atoms with Gasteiger partial charge in [-0.15, -0.1) is 0 Å². The van der Waals surface area contributed by atoms with E-state index < -0.39 is 56.3 Å². The lowest BCUT2D eigenvalue weighted by Crippen LogP contribution is -2.39. The quantitative estimate of drug-likeness (QED) is 0.272. The summed E-state index contributed by atoms with van der Waals surface area (Å²) in [5.41, 5.74) is -12.8. The molecule has 32 heavy (non-hydrogen) atoms. The molecule has 1 aliphatic rings. The molecule has 0 atom stereocenters. The lowest BCUT2D eigenvalue weighted by Gasteiger charge is -2.25. The molecule has 0 radical (unpaired) electrons. The topological polar surface area (TPSA) is 72.9 Å². The first-order chi connectivity index (χ1) is 14.4. The molecule has 1 fully saturated rings. The third-order valence-electron chi connectivity index (χ3n) is 3.98. The van der Waals surface area contributed by atoms with E-state index in [1.54, 1.807) is 0 Å². The highest BCUT2D eigenvalue weighted by Gasteiger charge is 2.52. The monoisotopic (exact) mass is 501 g/mol. The summed E-state index contributed by atoms with van der Waals surface area (Å²) < 4.78 is 149. The van der Waals surface area contributed by atoms with Crippen LogP contribution in [0.15, 0.2) is 18.2 Å². The van der Waals surface area contributed by atoms with E-state index in [0.29, 0.717) is 12.2 Å². The number of ether oxygens (including phenoxy) is 1. The number of carbonyl (C=O) groups excluding carboxylic acids is 1. The van der Waals surface area contributed by atoms with Gasteiger partial charge in [0.1, 0.15) is 5.56 Å². The first-order valence-electron chi connectivity index (χ1n) is 8.32. The molecule has 1 aliphatic heterocycles. The molecule has 6 nitrogen and oxygen atoms in total. The van der Waals surface area contributed by atoms with Crippen LogP contribution in [-0.2, 0) is 32.0 Å². The number of nitrogens with zero attached hydrogens (tertiary/aromatic N) is 1. The number of hydrogen-bond acceptors (Lipinski definition) is 5. The maximum Gasteiger partial charge on any atom is 0.534 e. The van der Waals surface area contributed by atoms with E-state index in [4.69, 9.17) is 4.74 Å².